The van der Waals surface area contributed by atoms with Gasteiger partial charge in [0, 0.05) is 21.6 Å². The van der Waals surface area contributed by atoms with Crippen LogP contribution in [0.2, 0.25) is 0 Å². The summed E-state index contributed by atoms with van der Waals surface area (Å²) < 4.78 is 37.2. The van der Waals surface area contributed by atoms with Crippen molar-refractivity contribution in [2.45, 2.75) is 19.4 Å². The summed E-state index contributed by atoms with van der Waals surface area (Å²) in [6, 6.07) is 25.5. The average Bonchev–Trinajstić information content (AvgIpc) is 2.84. The van der Waals surface area contributed by atoms with Crippen LogP contribution in [0.4, 0.5) is 0 Å². The van der Waals surface area contributed by atoms with E-state index in [9.17, 15) is 4.57 Å². The van der Waals surface area contributed by atoms with Crippen molar-refractivity contribution in [3.8, 4) is 11.5 Å². The molecule has 1 unspecified atom stereocenters. The number of hydrogen-bond donors (Lipinski definition) is 0. The van der Waals surface area contributed by atoms with E-state index < -0.39 is 12.4 Å². The van der Waals surface area contributed by atoms with Gasteiger partial charge in [-0.2, -0.15) is 0 Å². The molecule has 0 radical (unpaired) electrons. The second-order valence-corrected chi connectivity index (χ2v) is 11.2. The molecule has 0 saturated carbocycles. The number of ether oxygens (including phenoxy) is 2. The van der Waals surface area contributed by atoms with Crippen LogP contribution in [0.5, 0.6) is 11.5 Å². The van der Waals surface area contributed by atoms with Gasteiger partial charge in [-0.3, -0.25) is 0 Å². The van der Waals surface area contributed by atoms with Crippen LogP contribution >= 0.6 is 18.2 Å². The second-order valence-electron chi connectivity index (χ2n) is 7.28. The van der Waals surface area contributed by atoms with Crippen molar-refractivity contribution >= 4 is 23.1 Å². The Bertz CT molecular complexity index is 1170. The highest BCUT2D eigenvalue weighted by molar-refractivity contribution is 8.59. The zero-order valence-corrected chi connectivity index (χ0v) is 20.6. The third-order valence-electron chi connectivity index (χ3n) is 5.25. The van der Waals surface area contributed by atoms with Crippen LogP contribution in [0.15, 0.2) is 84.9 Å². The highest BCUT2D eigenvalue weighted by Crippen LogP contribution is 2.67. The molecule has 5 nitrogen and oxygen atoms in total. The minimum Gasteiger partial charge on any atom is -0.496 e. The lowest BCUT2D eigenvalue weighted by Crippen LogP contribution is -2.35. The van der Waals surface area contributed by atoms with E-state index in [0.29, 0.717) is 11.5 Å². The molecule has 0 N–H and O–H groups in total. The molecule has 0 amide bonds. The Morgan fingerprint density at radius 3 is 2.21 bits per heavy atom. The molecule has 1 heterocycles. The van der Waals surface area contributed by atoms with Crippen molar-refractivity contribution < 1.29 is 23.1 Å². The Morgan fingerprint density at radius 1 is 0.879 bits per heavy atom. The van der Waals surface area contributed by atoms with Crippen molar-refractivity contribution in [1.82, 2.24) is 0 Å². The Balaban J connectivity index is 1.97. The van der Waals surface area contributed by atoms with Crippen LogP contribution in [0.3, 0.4) is 0 Å². The van der Waals surface area contributed by atoms with Crippen LogP contribution in [-0.4, -0.2) is 20.3 Å². The van der Waals surface area contributed by atoms with E-state index in [4.69, 9.17) is 18.5 Å². The minimum absolute atomic E-state index is 0.284. The van der Waals surface area contributed by atoms with Crippen molar-refractivity contribution in [2.24, 2.45) is 0 Å². The van der Waals surface area contributed by atoms with Gasteiger partial charge in [-0.15, -0.1) is 0 Å². The predicted octanol–water partition coefficient (Wildman–Crippen LogP) is 7.29. The van der Waals surface area contributed by atoms with Crippen molar-refractivity contribution in [1.29, 1.82) is 0 Å². The summed E-state index contributed by atoms with van der Waals surface area (Å²) in [5.41, 5.74) is 1.59. The number of methoxy groups -OCH3 is 1. The zero-order chi connectivity index (χ0) is 23.3. The van der Waals surface area contributed by atoms with Gasteiger partial charge in [0.2, 0.25) is 0 Å². The number of hydrogen-bond acceptors (Lipinski definition) is 6. The van der Waals surface area contributed by atoms with Crippen LogP contribution in [0.1, 0.15) is 30.5 Å². The minimum atomic E-state index is -3.44. The van der Waals surface area contributed by atoms with Gasteiger partial charge >= 0.3 is 6.80 Å². The second kappa shape index (κ2) is 10.2. The van der Waals surface area contributed by atoms with E-state index in [-0.39, 0.29) is 13.2 Å². The summed E-state index contributed by atoms with van der Waals surface area (Å²) in [4.78, 5) is 0.761. The van der Waals surface area contributed by atoms with E-state index in [1.807, 2.05) is 98.8 Å². The monoisotopic (exact) mass is 482 g/mol. The number of rotatable bonds is 9. The van der Waals surface area contributed by atoms with Crippen LogP contribution in [0.25, 0.3) is 4.91 Å². The number of benzene rings is 3. The maximum absolute atomic E-state index is 13.5. The summed E-state index contributed by atoms with van der Waals surface area (Å²) in [7, 11) is 1.64. The van der Waals surface area contributed by atoms with Gasteiger partial charge in [0.25, 0.3) is 0 Å². The molecule has 33 heavy (non-hydrogen) atoms. The SMILES string of the molecule is CCOP(=O)(OCC)SC1=CC(c2ccccc2)(c2ccccc2OC)Oc2ccccc21. The Labute approximate surface area is 199 Å². The van der Waals surface area contributed by atoms with Gasteiger partial charge in [-0.1, -0.05) is 66.7 Å². The molecule has 3 aromatic rings. The van der Waals surface area contributed by atoms with E-state index in [1.54, 1.807) is 7.11 Å². The molecule has 1 aliphatic rings. The largest absolute Gasteiger partial charge is 0.496 e. The van der Waals surface area contributed by atoms with Gasteiger partial charge in [0.15, 0.2) is 5.60 Å². The molecule has 1 aliphatic heterocycles. The molecule has 0 aromatic heterocycles. The molecule has 172 valence electrons. The van der Waals surface area contributed by atoms with E-state index >= 15 is 0 Å². The number of para-hydroxylation sites is 2. The summed E-state index contributed by atoms with van der Waals surface area (Å²) >= 11 is 1.12. The van der Waals surface area contributed by atoms with Gasteiger partial charge in [-0.05, 0) is 43.4 Å². The summed E-state index contributed by atoms with van der Waals surface area (Å²) in [5, 5.41) is 0. The third kappa shape index (κ3) is 4.75. The highest BCUT2D eigenvalue weighted by Gasteiger charge is 2.43. The normalized spacial score (nSPS) is 17.6. The average molecular weight is 483 g/mol. The Kier molecular flexibility index (Phi) is 7.30. The Hall–Kier alpha value is -2.50. The van der Waals surface area contributed by atoms with E-state index in [2.05, 4.69) is 0 Å². The first-order valence-corrected chi connectivity index (χ1v) is 13.8. The summed E-state index contributed by atoms with van der Waals surface area (Å²) in [5.74, 6) is 1.37. The highest BCUT2D eigenvalue weighted by atomic mass is 32.7. The topological polar surface area (TPSA) is 54.0 Å². The molecule has 7 heteroatoms. The zero-order valence-electron chi connectivity index (χ0n) is 18.9. The molecule has 0 aliphatic carbocycles. The van der Waals surface area contributed by atoms with Gasteiger partial charge in [0.05, 0.1) is 20.3 Å². The van der Waals surface area contributed by atoms with Gasteiger partial charge in [-0.25, -0.2) is 4.57 Å². The van der Waals surface area contributed by atoms with Crippen molar-refractivity contribution in [3.63, 3.8) is 0 Å². The molecule has 4 rings (SSSR count). The molecule has 3 aromatic carbocycles. The predicted molar refractivity (Wildman–Crippen MR) is 134 cm³/mol. The first-order valence-electron chi connectivity index (χ1n) is 10.8. The van der Waals surface area contributed by atoms with Gasteiger partial charge in [0.1, 0.15) is 11.5 Å². The van der Waals surface area contributed by atoms with E-state index in [0.717, 1.165) is 33.0 Å². The summed E-state index contributed by atoms with van der Waals surface area (Å²) in [6.07, 6.45) is 2.00. The van der Waals surface area contributed by atoms with E-state index in [1.165, 1.54) is 0 Å². The molecular weight excluding hydrogens is 455 g/mol. The lowest BCUT2D eigenvalue weighted by atomic mass is 9.83. The molecule has 0 saturated heterocycles. The fraction of sp³-hybridized carbons (Fsp3) is 0.231. The lowest BCUT2D eigenvalue weighted by molar-refractivity contribution is 0.156. The smallest absolute Gasteiger partial charge is 0.393 e. The third-order valence-corrected chi connectivity index (χ3v) is 9.05. The van der Waals surface area contributed by atoms with Crippen LogP contribution in [-0.2, 0) is 19.2 Å². The maximum Gasteiger partial charge on any atom is 0.393 e. The number of fused-ring (bicyclic) bond motifs is 1. The first kappa shape index (κ1) is 23.7. The molecule has 1 atom stereocenters. The molecular formula is C26H27O5PS. The van der Waals surface area contributed by atoms with Crippen LogP contribution < -0.4 is 9.47 Å². The lowest BCUT2D eigenvalue weighted by Gasteiger charge is -2.38. The van der Waals surface area contributed by atoms with Gasteiger partial charge < -0.3 is 18.5 Å². The van der Waals surface area contributed by atoms with Crippen molar-refractivity contribution in [3.05, 3.63) is 102 Å². The van der Waals surface area contributed by atoms with Crippen LogP contribution in [0, 0.1) is 0 Å². The molecule has 0 fully saturated rings. The first-order chi connectivity index (χ1) is 16.0. The standard InChI is InChI=1S/C26H27O5PS/c1-4-29-32(27,30-5-2)33-25-19-26(20-13-7-6-8-14-20,22-16-10-12-18-24(22)28-3)31-23-17-11-9-15-21(23)25/h6-19H,4-5H2,1-3H3. The molecule has 0 spiro atoms. The fourth-order valence-corrected chi connectivity index (χ4v) is 7.56. The Morgan fingerprint density at radius 2 is 1.52 bits per heavy atom. The summed E-state index contributed by atoms with van der Waals surface area (Å²) in [6.45, 7) is 0.742. The quantitative estimate of drug-likeness (QED) is 0.299. The van der Waals surface area contributed by atoms with Crippen molar-refractivity contribution in [2.75, 3.05) is 20.3 Å². The fourth-order valence-electron chi connectivity index (χ4n) is 3.89. The molecule has 0 bridgehead atoms. The maximum atomic E-state index is 13.5.